The van der Waals surface area contributed by atoms with E-state index in [1.807, 2.05) is 54.6 Å². The average molecular weight is 438 g/mol. The molecule has 0 atom stereocenters. The van der Waals surface area contributed by atoms with Gasteiger partial charge in [-0.15, -0.1) is 0 Å². The Bertz CT molecular complexity index is 1050. The molecule has 122 valence electrons. The predicted molar refractivity (Wildman–Crippen MR) is 110 cm³/mol. The zero-order valence-electron chi connectivity index (χ0n) is 13.6. The molecular weight excluding hydrogens is 423 g/mol. The maximum Gasteiger partial charge on any atom is 0.161 e. The molecule has 4 heteroatoms. The van der Waals surface area contributed by atoms with Crippen LogP contribution >= 0.6 is 22.6 Å². The molecule has 0 bridgehead atoms. The van der Waals surface area contributed by atoms with Crippen molar-refractivity contribution in [2.24, 2.45) is 0 Å². The molecule has 3 nitrogen and oxygen atoms in total. The van der Waals surface area contributed by atoms with Gasteiger partial charge in [0.2, 0.25) is 0 Å². The molecule has 25 heavy (non-hydrogen) atoms. The normalized spacial score (nSPS) is 10.8. The van der Waals surface area contributed by atoms with Crippen molar-refractivity contribution in [3.63, 3.8) is 0 Å². The number of ether oxygens (including phenoxy) is 1. The van der Waals surface area contributed by atoms with Gasteiger partial charge in [-0.3, -0.25) is 0 Å². The fourth-order valence-electron chi connectivity index (χ4n) is 2.82. The van der Waals surface area contributed by atoms with Crippen molar-refractivity contribution >= 4 is 33.5 Å². The molecular formula is C21H15IN2O. The van der Waals surface area contributed by atoms with Crippen molar-refractivity contribution in [1.82, 2.24) is 9.97 Å². The van der Waals surface area contributed by atoms with E-state index in [-0.39, 0.29) is 0 Å². The third-order valence-electron chi connectivity index (χ3n) is 4.07. The number of hydrogen-bond donors (Lipinski definition) is 0. The Hall–Kier alpha value is -2.47. The first-order chi connectivity index (χ1) is 12.3. The van der Waals surface area contributed by atoms with Gasteiger partial charge in [-0.05, 0) is 46.9 Å². The first-order valence-electron chi connectivity index (χ1n) is 7.92. The molecule has 3 aromatic carbocycles. The van der Waals surface area contributed by atoms with Gasteiger partial charge in [0.1, 0.15) is 5.75 Å². The standard InChI is InChI=1S/C21H15IN2O/c1-25-15-11-12-16(18(22)13-15)21-23-19-10-6-5-9-17(19)20(24-21)14-7-3-2-4-8-14/h2-13H,1H3. The maximum atomic E-state index is 5.30. The van der Waals surface area contributed by atoms with E-state index in [1.165, 1.54) is 0 Å². The second-order valence-corrected chi connectivity index (χ2v) is 6.79. The minimum atomic E-state index is 0.726. The van der Waals surface area contributed by atoms with Gasteiger partial charge in [0.25, 0.3) is 0 Å². The van der Waals surface area contributed by atoms with E-state index in [1.54, 1.807) is 7.11 Å². The van der Waals surface area contributed by atoms with Crippen LogP contribution in [0.5, 0.6) is 5.75 Å². The molecule has 0 saturated heterocycles. The number of rotatable bonds is 3. The molecule has 0 radical (unpaired) electrons. The molecule has 0 spiro atoms. The number of benzene rings is 3. The van der Waals surface area contributed by atoms with Crippen LogP contribution in [0.4, 0.5) is 0 Å². The molecule has 0 amide bonds. The molecule has 1 aromatic heterocycles. The molecule has 0 saturated carbocycles. The third-order valence-corrected chi connectivity index (χ3v) is 4.96. The van der Waals surface area contributed by atoms with Gasteiger partial charge >= 0.3 is 0 Å². The Balaban J connectivity index is 1.97. The van der Waals surface area contributed by atoms with E-state index in [9.17, 15) is 0 Å². The van der Waals surface area contributed by atoms with Gasteiger partial charge in [0.15, 0.2) is 5.82 Å². The average Bonchev–Trinajstić information content (AvgIpc) is 2.67. The van der Waals surface area contributed by atoms with Gasteiger partial charge < -0.3 is 4.74 Å². The second-order valence-electron chi connectivity index (χ2n) is 5.62. The molecule has 1 heterocycles. The Morgan fingerprint density at radius 3 is 2.36 bits per heavy atom. The van der Waals surface area contributed by atoms with E-state index < -0.39 is 0 Å². The fraction of sp³-hybridized carbons (Fsp3) is 0.0476. The summed E-state index contributed by atoms with van der Waals surface area (Å²) in [5, 5.41) is 1.06. The molecule has 4 rings (SSSR count). The van der Waals surface area contributed by atoms with E-state index in [2.05, 4.69) is 40.8 Å². The molecule has 0 fully saturated rings. The maximum absolute atomic E-state index is 5.30. The molecule has 0 unspecified atom stereocenters. The Morgan fingerprint density at radius 1 is 0.840 bits per heavy atom. The summed E-state index contributed by atoms with van der Waals surface area (Å²) in [4.78, 5) is 9.69. The van der Waals surface area contributed by atoms with Crippen LogP contribution in [0.15, 0.2) is 72.8 Å². The first kappa shape index (κ1) is 16.0. The lowest BCUT2D eigenvalue weighted by Gasteiger charge is -2.11. The number of nitrogens with zero attached hydrogens (tertiary/aromatic N) is 2. The lowest BCUT2D eigenvalue weighted by Crippen LogP contribution is -1.97. The summed E-state index contributed by atoms with van der Waals surface area (Å²) in [6, 6.07) is 24.3. The van der Waals surface area contributed by atoms with E-state index in [0.29, 0.717) is 0 Å². The summed E-state index contributed by atoms with van der Waals surface area (Å²) in [6.07, 6.45) is 0. The van der Waals surface area contributed by atoms with E-state index >= 15 is 0 Å². The second kappa shape index (κ2) is 6.80. The lowest BCUT2D eigenvalue weighted by molar-refractivity contribution is 0.414. The number of halogens is 1. The summed E-state index contributed by atoms with van der Waals surface area (Å²) in [5.41, 5.74) is 3.99. The van der Waals surface area contributed by atoms with Crippen LogP contribution in [-0.4, -0.2) is 17.1 Å². The van der Waals surface area contributed by atoms with Gasteiger partial charge in [0, 0.05) is 20.1 Å². The van der Waals surface area contributed by atoms with Crippen LogP contribution in [0.1, 0.15) is 0 Å². The minimum absolute atomic E-state index is 0.726. The summed E-state index contributed by atoms with van der Waals surface area (Å²) in [5.74, 6) is 1.56. The van der Waals surface area contributed by atoms with Crippen LogP contribution < -0.4 is 4.74 Å². The lowest BCUT2D eigenvalue weighted by atomic mass is 10.1. The van der Waals surface area contributed by atoms with Crippen LogP contribution in [0.25, 0.3) is 33.5 Å². The minimum Gasteiger partial charge on any atom is -0.497 e. The monoisotopic (exact) mass is 438 g/mol. The smallest absolute Gasteiger partial charge is 0.161 e. The van der Waals surface area contributed by atoms with Crippen molar-refractivity contribution in [2.45, 2.75) is 0 Å². The molecule has 0 aliphatic rings. The molecule has 0 N–H and O–H groups in total. The highest BCUT2D eigenvalue weighted by molar-refractivity contribution is 14.1. The fourth-order valence-corrected chi connectivity index (χ4v) is 3.55. The number of methoxy groups -OCH3 is 1. The first-order valence-corrected chi connectivity index (χ1v) is 9.00. The van der Waals surface area contributed by atoms with E-state index in [0.717, 1.165) is 42.9 Å². The number of aromatic nitrogens is 2. The van der Waals surface area contributed by atoms with Crippen molar-refractivity contribution in [2.75, 3.05) is 7.11 Å². The van der Waals surface area contributed by atoms with Crippen LogP contribution in [0, 0.1) is 3.57 Å². The Kier molecular flexibility index (Phi) is 4.36. The van der Waals surface area contributed by atoms with Gasteiger partial charge in [-0.1, -0.05) is 48.5 Å². The zero-order valence-corrected chi connectivity index (χ0v) is 15.8. The number of hydrogen-bond acceptors (Lipinski definition) is 3. The van der Waals surface area contributed by atoms with Crippen molar-refractivity contribution in [1.29, 1.82) is 0 Å². The van der Waals surface area contributed by atoms with Gasteiger partial charge in [0.05, 0.1) is 18.3 Å². The van der Waals surface area contributed by atoms with Crippen molar-refractivity contribution in [3.8, 4) is 28.4 Å². The zero-order chi connectivity index (χ0) is 17.2. The summed E-state index contributed by atoms with van der Waals surface area (Å²) in [7, 11) is 1.67. The largest absolute Gasteiger partial charge is 0.497 e. The number of fused-ring (bicyclic) bond motifs is 1. The topological polar surface area (TPSA) is 35.0 Å². The molecule has 0 aliphatic heterocycles. The summed E-state index contributed by atoms with van der Waals surface area (Å²) in [6.45, 7) is 0. The quantitative estimate of drug-likeness (QED) is 0.392. The highest BCUT2D eigenvalue weighted by Gasteiger charge is 2.13. The highest BCUT2D eigenvalue weighted by Crippen LogP contribution is 2.31. The van der Waals surface area contributed by atoms with Crippen LogP contribution in [0.3, 0.4) is 0 Å². The predicted octanol–water partition coefficient (Wildman–Crippen LogP) is 5.58. The Labute approximate surface area is 159 Å². The third kappa shape index (κ3) is 3.09. The SMILES string of the molecule is COc1ccc(-c2nc(-c3ccccc3)c3ccccc3n2)c(I)c1. The van der Waals surface area contributed by atoms with Crippen molar-refractivity contribution < 1.29 is 4.74 Å². The summed E-state index contributed by atoms with van der Waals surface area (Å²) >= 11 is 2.30. The van der Waals surface area contributed by atoms with Gasteiger partial charge in [-0.25, -0.2) is 9.97 Å². The van der Waals surface area contributed by atoms with Crippen LogP contribution in [-0.2, 0) is 0 Å². The van der Waals surface area contributed by atoms with E-state index in [4.69, 9.17) is 14.7 Å². The summed E-state index contributed by atoms with van der Waals surface area (Å²) < 4.78 is 6.36. The number of para-hydroxylation sites is 1. The van der Waals surface area contributed by atoms with Crippen LogP contribution in [0.2, 0.25) is 0 Å². The van der Waals surface area contributed by atoms with Gasteiger partial charge in [-0.2, -0.15) is 0 Å². The molecule has 4 aromatic rings. The molecule has 0 aliphatic carbocycles. The Morgan fingerprint density at radius 2 is 1.60 bits per heavy atom. The highest BCUT2D eigenvalue weighted by atomic mass is 127. The van der Waals surface area contributed by atoms with Crippen molar-refractivity contribution in [3.05, 3.63) is 76.4 Å².